The lowest BCUT2D eigenvalue weighted by molar-refractivity contribution is -0.362. The van der Waals surface area contributed by atoms with Gasteiger partial charge in [-0.3, -0.25) is 18.9 Å². The molecule has 19 heteroatoms. The van der Waals surface area contributed by atoms with Gasteiger partial charge in [0.1, 0.15) is 30.4 Å². The van der Waals surface area contributed by atoms with E-state index < -0.39 is 16.1 Å². The van der Waals surface area contributed by atoms with Gasteiger partial charge >= 0.3 is 5.95 Å². The summed E-state index contributed by atoms with van der Waals surface area (Å²) in [6, 6.07) is 3.10. The predicted octanol–water partition coefficient (Wildman–Crippen LogP) is 2.79. The number of piperazine rings is 1. The first kappa shape index (κ1) is 39.4. The number of sulfonamides is 1. The van der Waals surface area contributed by atoms with Gasteiger partial charge in [-0.15, -0.1) is 0 Å². The van der Waals surface area contributed by atoms with E-state index in [2.05, 4.69) is 48.7 Å². The number of likely N-dealkylation sites (N-methyl/N-ethyl adjacent to an activating group) is 1. The molecule has 4 aromatic heterocycles. The van der Waals surface area contributed by atoms with Crippen LogP contribution in [0, 0.1) is 5.21 Å². The first-order chi connectivity index (χ1) is 26.9. The highest BCUT2D eigenvalue weighted by Crippen LogP contribution is 2.37. The van der Waals surface area contributed by atoms with Crippen molar-refractivity contribution in [3.8, 4) is 11.6 Å². The fraction of sp³-hybridized carbons (Fsp3) is 0.568. The summed E-state index contributed by atoms with van der Waals surface area (Å²) in [6.45, 7) is 13.4. The standard InChI is InChI=1S/C37H52N12O6S/c1-26(33-25-41-37(45(33)3)46(4)50)49(56(5,51)52)28-20-31-32(38-22-28)21-34(48-15-17-53-18-16-48)43-35(31)55-29-8-6-27(7-9-29)42-36-39-23-30(24-40-36)54-19-14-47-12-10-44(2)11-13-47/h20-27,29H,4,6-19H2,1-3,5H3,(H,39,40,42)/t26?,27-,29+. The quantitative estimate of drug-likeness (QED) is 0.0851. The lowest BCUT2D eigenvalue weighted by Crippen LogP contribution is -2.45. The van der Waals surface area contributed by atoms with E-state index in [0.717, 1.165) is 70.5 Å². The smallest absolute Gasteiger partial charge is 0.398 e. The van der Waals surface area contributed by atoms with E-state index in [9.17, 15) is 13.6 Å². The largest absolute Gasteiger partial charge is 0.741 e. The Bertz CT molecular complexity index is 2080. The van der Waals surface area contributed by atoms with Crippen molar-refractivity contribution < 1.29 is 27.4 Å². The van der Waals surface area contributed by atoms with Crippen LogP contribution in [0.1, 0.15) is 44.3 Å². The second kappa shape index (κ2) is 17.1. The van der Waals surface area contributed by atoms with Crippen molar-refractivity contribution in [2.45, 2.75) is 50.8 Å². The number of morpholine rings is 1. The molecule has 3 fully saturated rings. The van der Waals surface area contributed by atoms with Gasteiger partial charge in [-0.2, -0.15) is 4.98 Å². The molecule has 302 valence electrons. The molecule has 18 nitrogen and oxygen atoms in total. The zero-order valence-electron chi connectivity index (χ0n) is 32.6. The minimum atomic E-state index is -3.84. The molecule has 1 saturated carbocycles. The molecule has 2 saturated heterocycles. The number of ether oxygens (including phenoxy) is 3. The van der Waals surface area contributed by atoms with Gasteiger partial charge in [-0.25, -0.2) is 23.0 Å². The Morgan fingerprint density at radius 3 is 2.38 bits per heavy atom. The zero-order chi connectivity index (χ0) is 39.4. The van der Waals surface area contributed by atoms with Gasteiger partial charge < -0.3 is 34.5 Å². The predicted molar refractivity (Wildman–Crippen MR) is 214 cm³/mol. The van der Waals surface area contributed by atoms with Crippen molar-refractivity contribution in [2.75, 3.05) is 93.5 Å². The van der Waals surface area contributed by atoms with E-state index in [1.54, 1.807) is 32.4 Å². The molecule has 0 radical (unpaired) electrons. The van der Waals surface area contributed by atoms with Crippen molar-refractivity contribution >= 4 is 51.0 Å². The Labute approximate surface area is 327 Å². The topological polar surface area (TPSA) is 182 Å². The molecule has 1 aliphatic carbocycles. The molecule has 4 aromatic rings. The lowest BCUT2D eigenvalue weighted by Gasteiger charge is -2.32. The molecule has 6 heterocycles. The first-order valence-electron chi connectivity index (χ1n) is 19.1. The maximum atomic E-state index is 13.4. The van der Waals surface area contributed by atoms with Gasteiger partial charge in [0.2, 0.25) is 21.9 Å². The fourth-order valence-corrected chi connectivity index (χ4v) is 8.75. The normalized spacial score (nSPS) is 20.5. The van der Waals surface area contributed by atoms with E-state index in [4.69, 9.17) is 24.2 Å². The van der Waals surface area contributed by atoms with E-state index in [1.165, 1.54) is 21.3 Å². The minimum absolute atomic E-state index is 0.0556. The van der Waals surface area contributed by atoms with E-state index in [0.29, 0.717) is 77.5 Å². The van der Waals surface area contributed by atoms with Crippen molar-refractivity contribution in [3.63, 3.8) is 0 Å². The summed E-state index contributed by atoms with van der Waals surface area (Å²) >= 11 is 0. The van der Waals surface area contributed by atoms with Gasteiger partial charge in [-0.1, -0.05) is 4.98 Å². The molecule has 0 spiro atoms. The number of hydrogen-bond acceptors (Lipinski definition) is 15. The van der Waals surface area contributed by atoms with Crippen LogP contribution in [0.15, 0.2) is 36.9 Å². The van der Waals surface area contributed by atoms with Crippen molar-refractivity contribution in [2.24, 2.45) is 7.05 Å². The SMILES string of the molecule is C=[N+]([O-])c1ncc(C(C)N(c2cnc3cc(N4CCOCC4)nc(O[C@H]4CC[C@@H](Nc5ncc(OCCN6CCN(C)CC6)cn5)CC4)c3c2)S(C)(=O)=O)n1C. The van der Waals surface area contributed by atoms with Crippen LogP contribution in [0.4, 0.5) is 23.4 Å². The Balaban J connectivity index is 1.04. The molecule has 1 N–H and O–H groups in total. The Hall–Kier alpha value is -4.85. The second-order valence-corrected chi connectivity index (χ2v) is 16.6. The monoisotopic (exact) mass is 792 g/mol. The van der Waals surface area contributed by atoms with Crippen molar-refractivity contribution in [3.05, 3.63) is 47.8 Å². The lowest BCUT2D eigenvalue weighted by atomic mass is 9.93. The van der Waals surface area contributed by atoms with Crippen LogP contribution in [0.25, 0.3) is 10.9 Å². The third kappa shape index (κ3) is 9.22. The van der Waals surface area contributed by atoms with E-state index in [1.807, 2.05) is 6.07 Å². The van der Waals surface area contributed by atoms with Crippen LogP contribution in [-0.4, -0.2) is 150 Å². The molecule has 1 unspecified atom stereocenters. The van der Waals surface area contributed by atoms with Crippen LogP contribution in [0.3, 0.4) is 0 Å². The molecule has 3 aliphatic rings. The Morgan fingerprint density at radius 1 is 1.00 bits per heavy atom. The number of fused-ring (bicyclic) bond motifs is 1. The highest BCUT2D eigenvalue weighted by Gasteiger charge is 2.32. The van der Waals surface area contributed by atoms with Crippen LogP contribution in [-0.2, 0) is 21.8 Å². The maximum absolute atomic E-state index is 13.4. The number of rotatable bonds is 14. The summed E-state index contributed by atoms with van der Waals surface area (Å²) in [7, 11) is -0.0417. The number of nitrogens with one attached hydrogen (secondary N) is 1. The number of anilines is 3. The second-order valence-electron chi connectivity index (χ2n) is 14.8. The van der Waals surface area contributed by atoms with Gasteiger partial charge in [-0.05, 0) is 45.7 Å². The van der Waals surface area contributed by atoms with Crippen LogP contribution in [0.2, 0.25) is 0 Å². The molecule has 56 heavy (non-hydrogen) atoms. The summed E-state index contributed by atoms with van der Waals surface area (Å²) in [4.78, 5) is 29.8. The summed E-state index contributed by atoms with van der Waals surface area (Å²) < 4.78 is 48.1. The minimum Gasteiger partial charge on any atom is -0.741 e. The van der Waals surface area contributed by atoms with Crippen LogP contribution < -0.4 is 24.0 Å². The third-order valence-electron chi connectivity index (χ3n) is 10.8. The molecule has 7 rings (SSSR count). The first-order valence-corrected chi connectivity index (χ1v) is 21.0. The molecule has 2 aliphatic heterocycles. The highest BCUT2D eigenvalue weighted by molar-refractivity contribution is 7.92. The fourth-order valence-electron chi connectivity index (χ4n) is 7.58. The van der Waals surface area contributed by atoms with Gasteiger partial charge in [0, 0.05) is 64.6 Å². The van der Waals surface area contributed by atoms with Crippen molar-refractivity contribution in [1.29, 1.82) is 0 Å². The number of aromatic nitrogens is 6. The van der Waals surface area contributed by atoms with Crippen molar-refractivity contribution in [1.82, 2.24) is 39.3 Å². The number of nitrogens with zero attached hydrogens (tertiary/aromatic N) is 11. The summed E-state index contributed by atoms with van der Waals surface area (Å²) in [6.07, 6.45) is 10.7. The zero-order valence-corrected chi connectivity index (χ0v) is 33.4. The van der Waals surface area contributed by atoms with E-state index >= 15 is 0 Å². The van der Waals surface area contributed by atoms with Crippen LogP contribution >= 0.6 is 0 Å². The van der Waals surface area contributed by atoms with Gasteiger partial charge in [0.05, 0.1) is 67.7 Å². The number of imidazole rings is 1. The third-order valence-corrected chi connectivity index (χ3v) is 12.0. The molecule has 0 amide bonds. The average Bonchev–Trinajstić information content (AvgIpc) is 3.58. The molecular weight excluding hydrogens is 741 g/mol. The number of hydrogen-bond donors (Lipinski definition) is 1. The summed E-state index contributed by atoms with van der Waals surface area (Å²) in [5, 5.41) is 16.0. The molecule has 0 bridgehead atoms. The van der Waals surface area contributed by atoms with E-state index in [-0.39, 0.29) is 18.1 Å². The summed E-state index contributed by atoms with van der Waals surface area (Å²) in [5.74, 6) is 2.39. The van der Waals surface area contributed by atoms with Gasteiger partial charge in [0.25, 0.3) is 0 Å². The average molecular weight is 793 g/mol. The molecule has 1 atom stereocenters. The Kier molecular flexibility index (Phi) is 12.0. The van der Waals surface area contributed by atoms with Gasteiger partial charge in [0.15, 0.2) is 5.75 Å². The highest BCUT2D eigenvalue weighted by atomic mass is 32.2. The maximum Gasteiger partial charge on any atom is 0.398 e. The van der Waals surface area contributed by atoms with Crippen LogP contribution in [0.5, 0.6) is 11.6 Å². The number of pyridine rings is 2. The molecule has 0 aromatic carbocycles. The Morgan fingerprint density at radius 2 is 1.71 bits per heavy atom. The summed E-state index contributed by atoms with van der Waals surface area (Å²) in [5.41, 5.74) is 1.46. The molecular formula is C37H52N12O6S.